The molecule has 0 fully saturated rings. The number of Topliss-reactive ketones (excluding diaryl/α,β-unsaturated/α-hetero) is 1. The number of aromatic amines is 1. The molecule has 4 heteroatoms. The molecule has 0 saturated carbocycles. The number of carbonyl (C=O) groups is 2. The normalized spacial score (nSPS) is 12.4. The van der Waals surface area contributed by atoms with E-state index in [4.69, 9.17) is 4.74 Å². The van der Waals surface area contributed by atoms with Crippen LogP contribution in [0, 0.1) is 0 Å². The van der Waals surface area contributed by atoms with Crippen LogP contribution in [-0.4, -0.2) is 22.8 Å². The van der Waals surface area contributed by atoms with Crippen LogP contribution in [-0.2, 0) is 9.53 Å². The van der Waals surface area contributed by atoms with Gasteiger partial charge in [-0.3, -0.25) is 4.79 Å². The molecule has 2 aromatic rings. The lowest BCUT2D eigenvalue weighted by molar-refractivity contribution is -0.124. The number of fused-ring (bicyclic) bond motifs is 1. The number of esters is 1. The van der Waals surface area contributed by atoms with Crippen molar-refractivity contribution in [3.8, 4) is 0 Å². The summed E-state index contributed by atoms with van der Waals surface area (Å²) < 4.78 is 5.01. The molecule has 2 rings (SSSR count). The third-order valence-electron chi connectivity index (χ3n) is 2.61. The molecule has 1 unspecified atom stereocenters. The zero-order valence-electron chi connectivity index (χ0n) is 9.69. The molecule has 0 aliphatic carbocycles. The molecule has 0 aliphatic heterocycles. The van der Waals surface area contributed by atoms with Crippen molar-refractivity contribution in [2.45, 2.75) is 20.0 Å². The maximum Gasteiger partial charge on any atom is 0.355 e. The third kappa shape index (κ3) is 2.36. The first-order valence-corrected chi connectivity index (χ1v) is 5.37. The van der Waals surface area contributed by atoms with E-state index >= 15 is 0 Å². The van der Waals surface area contributed by atoms with Gasteiger partial charge >= 0.3 is 5.97 Å². The SMILES string of the molecule is CC(=O)C(C)OC(=O)c1cc2ccccc2[nH]1. The molecule has 0 radical (unpaired) electrons. The Balaban J connectivity index is 2.22. The second kappa shape index (κ2) is 4.41. The van der Waals surface area contributed by atoms with Gasteiger partial charge in [-0.25, -0.2) is 4.79 Å². The number of carbonyl (C=O) groups excluding carboxylic acids is 2. The lowest BCUT2D eigenvalue weighted by Crippen LogP contribution is -2.21. The highest BCUT2D eigenvalue weighted by molar-refractivity contribution is 5.96. The van der Waals surface area contributed by atoms with Crippen LogP contribution < -0.4 is 0 Å². The lowest BCUT2D eigenvalue weighted by Gasteiger charge is -2.08. The van der Waals surface area contributed by atoms with Gasteiger partial charge in [0, 0.05) is 10.9 Å². The largest absolute Gasteiger partial charge is 0.450 e. The van der Waals surface area contributed by atoms with E-state index in [0.717, 1.165) is 10.9 Å². The summed E-state index contributed by atoms with van der Waals surface area (Å²) >= 11 is 0. The summed E-state index contributed by atoms with van der Waals surface area (Å²) in [4.78, 5) is 25.7. The predicted octanol–water partition coefficient (Wildman–Crippen LogP) is 2.30. The smallest absolute Gasteiger partial charge is 0.355 e. The van der Waals surface area contributed by atoms with Gasteiger partial charge in [0.15, 0.2) is 11.9 Å². The van der Waals surface area contributed by atoms with E-state index < -0.39 is 12.1 Å². The number of ether oxygens (including phenoxy) is 1. The molecular formula is C13H13NO3. The fraction of sp³-hybridized carbons (Fsp3) is 0.231. The number of H-pyrrole nitrogens is 1. The molecule has 0 bridgehead atoms. The van der Waals surface area contributed by atoms with Gasteiger partial charge in [0.2, 0.25) is 0 Å². The summed E-state index contributed by atoms with van der Waals surface area (Å²) in [7, 11) is 0. The van der Waals surface area contributed by atoms with Crippen LogP contribution in [0.25, 0.3) is 10.9 Å². The molecular weight excluding hydrogens is 218 g/mol. The number of aromatic nitrogens is 1. The van der Waals surface area contributed by atoms with E-state index in [1.54, 1.807) is 13.0 Å². The van der Waals surface area contributed by atoms with Crippen LogP contribution in [0.15, 0.2) is 30.3 Å². The molecule has 0 aliphatic rings. The average Bonchev–Trinajstić information content (AvgIpc) is 2.72. The van der Waals surface area contributed by atoms with Crippen LogP contribution >= 0.6 is 0 Å². The van der Waals surface area contributed by atoms with Gasteiger partial charge in [-0.2, -0.15) is 0 Å². The van der Waals surface area contributed by atoms with Crippen molar-refractivity contribution in [2.75, 3.05) is 0 Å². The van der Waals surface area contributed by atoms with Gasteiger partial charge in [-0.1, -0.05) is 18.2 Å². The van der Waals surface area contributed by atoms with Crippen molar-refractivity contribution in [1.29, 1.82) is 0 Å². The zero-order valence-corrected chi connectivity index (χ0v) is 9.69. The highest BCUT2D eigenvalue weighted by atomic mass is 16.5. The first-order valence-electron chi connectivity index (χ1n) is 5.37. The second-order valence-corrected chi connectivity index (χ2v) is 3.93. The summed E-state index contributed by atoms with van der Waals surface area (Å²) in [5.41, 5.74) is 1.23. The van der Waals surface area contributed by atoms with Crippen LogP contribution in [0.3, 0.4) is 0 Å². The minimum absolute atomic E-state index is 0.172. The number of ketones is 1. The molecule has 0 spiro atoms. The van der Waals surface area contributed by atoms with Crippen molar-refractivity contribution in [2.24, 2.45) is 0 Å². The number of hydrogen-bond donors (Lipinski definition) is 1. The van der Waals surface area contributed by atoms with Crippen LogP contribution in [0.5, 0.6) is 0 Å². The Morgan fingerprint density at radius 3 is 2.65 bits per heavy atom. The average molecular weight is 231 g/mol. The van der Waals surface area contributed by atoms with E-state index in [2.05, 4.69) is 4.98 Å². The first-order chi connectivity index (χ1) is 8.08. The highest BCUT2D eigenvalue weighted by Crippen LogP contribution is 2.15. The maximum atomic E-state index is 11.7. The van der Waals surface area contributed by atoms with Crippen molar-refractivity contribution < 1.29 is 14.3 Å². The standard InChI is InChI=1S/C13H13NO3/c1-8(15)9(2)17-13(16)12-7-10-5-3-4-6-11(10)14-12/h3-7,9,14H,1-2H3. The van der Waals surface area contributed by atoms with Crippen molar-refractivity contribution in [3.63, 3.8) is 0 Å². The molecule has 1 aromatic heterocycles. The van der Waals surface area contributed by atoms with Gasteiger partial charge in [0.05, 0.1) is 0 Å². The molecule has 17 heavy (non-hydrogen) atoms. The fourth-order valence-corrected chi connectivity index (χ4v) is 1.49. The fourth-order valence-electron chi connectivity index (χ4n) is 1.49. The summed E-state index contributed by atoms with van der Waals surface area (Å²) in [6.07, 6.45) is -0.714. The molecule has 1 aromatic carbocycles. The Bertz CT molecular complexity index is 538. The van der Waals surface area contributed by atoms with Crippen molar-refractivity contribution in [3.05, 3.63) is 36.0 Å². The van der Waals surface area contributed by atoms with Gasteiger partial charge in [0.25, 0.3) is 0 Å². The quantitative estimate of drug-likeness (QED) is 0.824. The predicted molar refractivity (Wildman–Crippen MR) is 63.9 cm³/mol. The van der Waals surface area contributed by atoms with Crippen LogP contribution in [0.2, 0.25) is 0 Å². The first kappa shape index (κ1) is 11.4. The van der Waals surface area contributed by atoms with E-state index in [0.29, 0.717) is 5.69 Å². The number of rotatable bonds is 3. The topological polar surface area (TPSA) is 59.2 Å². The Kier molecular flexibility index (Phi) is 2.95. The molecule has 4 nitrogen and oxygen atoms in total. The third-order valence-corrected chi connectivity index (χ3v) is 2.61. The van der Waals surface area contributed by atoms with Gasteiger partial charge < -0.3 is 9.72 Å². The van der Waals surface area contributed by atoms with Crippen LogP contribution in [0.4, 0.5) is 0 Å². The Morgan fingerprint density at radius 1 is 1.29 bits per heavy atom. The monoisotopic (exact) mass is 231 g/mol. The van der Waals surface area contributed by atoms with Crippen molar-refractivity contribution in [1.82, 2.24) is 4.98 Å². The second-order valence-electron chi connectivity index (χ2n) is 3.93. The molecule has 1 atom stereocenters. The van der Waals surface area contributed by atoms with Gasteiger partial charge in [-0.15, -0.1) is 0 Å². The minimum Gasteiger partial charge on any atom is -0.450 e. The zero-order chi connectivity index (χ0) is 12.4. The van der Waals surface area contributed by atoms with Gasteiger partial charge in [-0.05, 0) is 26.0 Å². The molecule has 1 N–H and O–H groups in total. The summed E-state index contributed by atoms with van der Waals surface area (Å²) in [6.45, 7) is 2.95. The minimum atomic E-state index is -0.714. The highest BCUT2D eigenvalue weighted by Gasteiger charge is 2.16. The Hall–Kier alpha value is -2.10. The summed E-state index contributed by atoms with van der Waals surface area (Å²) in [5.74, 6) is -0.682. The van der Waals surface area contributed by atoms with E-state index in [-0.39, 0.29) is 5.78 Å². The van der Waals surface area contributed by atoms with Crippen molar-refractivity contribution >= 4 is 22.7 Å². The number of hydrogen-bond acceptors (Lipinski definition) is 3. The molecule has 0 saturated heterocycles. The molecule has 88 valence electrons. The number of nitrogens with one attached hydrogen (secondary N) is 1. The molecule has 0 amide bonds. The Labute approximate surface area is 98.6 Å². The van der Waals surface area contributed by atoms with E-state index in [1.807, 2.05) is 24.3 Å². The van der Waals surface area contributed by atoms with Gasteiger partial charge in [0.1, 0.15) is 5.69 Å². The van der Waals surface area contributed by atoms with E-state index in [1.165, 1.54) is 6.92 Å². The van der Waals surface area contributed by atoms with Crippen LogP contribution in [0.1, 0.15) is 24.3 Å². The van der Waals surface area contributed by atoms with E-state index in [9.17, 15) is 9.59 Å². The number of benzene rings is 1. The lowest BCUT2D eigenvalue weighted by atomic mass is 10.2. The Morgan fingerprint density at radius 2 is 2.00 bits per heavy atom. The molecule has 1 heterocycles. The summed E-state index contributed by atoms with van der Waals surface area (Å²) in [5, 5.41) is 0.940. The maximum absolute atomic E-state index is 11.7. The summed E-state index contributed by atoms with van der Waals surface area (Å²) in [6, 6.07) is 9.26. The number of para-hydroxylation sites is 1.